The molecule has 0 N–H and O–H groups in total. The predicted octanol–water partition coefficient (Wildman–Crippen LogP) is 3.71. The van der Waals surface area contributed by atoms with Gasteiger partial charge in [-0.05, 0) is 36.8 Å². The van der Waals surface area contributed by atoms with Gasteiger partial charge in [0.25, 0.3) is 5.91 Å². The molecule has 0 unspecified atom stereocenters. The average molecular weight is 405 g/mol. The highest BCUT2D eigenvalue weighted by Gasteiger charge is 2.45. The maximum absolute atomic E-state index is 13.4. The number of aromatic nitrogens is 2. The maximum atomic E-state index is 13.4. The Morgan fingerprint density at radius 2 is 1.93 bits per heavy atom. The predicted molar refractivity (Wildman–Crippen MR) is 109 cm³/mol. The SMILES string of the molecule is COc1cccc([C@@H]2c3c(oc4ccccc4c3=O)C(=O)N2c2nnc(C)s2)c1. The van der Waals surface area contributed by atoms with Gasteiger partial charge in [0.15, 0.2) is 5.43 Å². The summed E-state index contributed by atoms with van der Waals surface area (Å²) in [6, 6.07) is 13.5. The normalized spacial score (nSPS) is 15.7. The van der Waals surface area contributed by atoms with Gasteiger partial charge in [-0.15, -0.1) is 10.2 Å². The first-order valence-corrected chi connectivity index (χ1v) is 9.73. The lowest BCUT2D eigenvalue weighted by Crippen LogP contribution is -2.29. The van der Waals surface area contributed by atoms with E-state index in [-0.39, 0.29) is 11.2 Å². The van der Waals surface area contributed by atoms with Crippen molar-refractivity contribution in [2.75, 3.05) is 12.0 Å². The van der Waals surface area contributed by atoms with E-state index < -0.39 is 11.9 Å². The minimum Gasteiger partial charge on any atom is -0.497 e. The fourth-order valence-electron chi connectivity index (χ4n) is 3.63. The van der Waals surface area contributed by atoms with Crippen LogP contribution >= 0.6 is 11.3 Å². The van der Waals surface area contributed by atoms with Gasteiger partial charge in [0, 0.05) is 0 Å². The topological polar surface area (TPSA) is 85.5 Å². The van der Waals surface area contributed by atoms with Gasteiger partial charge in [0.05, 0.1) is 24.1 Å². The zero-order valence-electron chi connectivity index (χ0n) is 15.6. The lowest BCUT2D eigenvalue weighted by atomic mass is 9.98. The highest BCUT2D eigenvalue weighted by Crippen LogP contribution is 2.42. The van der Waals surface area contributed by atoms with Crippen molar-refractivity contribution in [2.45, 2.75) is 13.0 Å². The Kier molecular flexibility index (Phi) is 3.95. The van der Waals surface area contributed by atoms with Crippen molar-refractivity contribution < 1.29 is 13.9 Å². The van der Waals surface area contributed by atoms with E-state index in [0.717, 1.165) is 10.6 Å². The van der Waals surface area contributed by atoms with Crippen LogP contribution in [0.5, 0.6) is 5.75 Å². The van der Waals surface area contributed by atoms with Crippen LogP contribution in [-0.4, -0.2) is 23.2 Å². The number of carbonyl (C=O) groups is 1. The molecule has 1 aliphatic rings. The summed E-state index contributed by atoms with van der Waals surface area (Å²) in [5, 5.41) is 9.75. The summed E-state index contributed by atoms with van der Waals surface area (Å²) < 4.78 is 11.2. The molecule has 0 spiro atoms. The molecule has 8 heteroatoms. The first kappa shape index (κ1) is 17.6. The zero-order chi connectivity index (χ0) is 20.1. The number of methoxy groups -OCH3 is 1. The number of aryl methyl sites for hydroxylation is 1. The standard InChI is InChI=1S/C21H15N3O4S/c1-11-22-23-21(29-11)24-17(12-6-5-7-13(10-12)27-2)16-18(25)14-8-3-4-9-15(14)28-19(16)20(24)26/h3-10,17H,1-2H3/t17-/m1/s1. The van der Waals surface area contributed by atoms with Gasteiger partial charge in [-0.2, -0.15) is 0 Å². The smallest absolute Gasteiger partial charge is 0.297 e. The molecule has 0 aliphatic carbocycles. The Hall–Kier alpha value is -3.52. The van der Waals surface area contributed by atoms with Gasteiger partial charge < -0.3 is 9.15 Å². The van der Waals surface area contributed by atoms with E-state index in [0.29, 0.717) is 27.4 Å². The number of benzene rings is 2. The van der Waals surface area contributed by atoms with Crippen LogP contribution in [-0.2, 0) is 0 Å². The molecule has 0 saturated heterocycles. The summed E-state index contributed by atoms with van der Waals surface area (Å²) in [6.07, 6.45) is 0. The van der Waals surface area contributed by atoms with Crippen LogP contribution in [0.25, 0.3) is 11.0 Å². The van der Waals surface area contributed by atoms with Crippen molar-refractivity contribution in [3.05, 3.63) is 80.6 Å². The number of fused-ring (bicyclic) bond motifs is 2. The molecule has 0 bridgehead atoms. The van der Waals surface area contributed by atoms with E-state index in [9.17, 15) is 9.59 Å². The molecule has 7 nitrogen and oxygen atoms in total. The maximum Gasteiger partial charge on any atom is 0.297 e. The molecule has 1 amide bonds. The van der Waals surface area contributed by atoms with Gasteiger partial charge in [0.2, 0.25) is 10.9 Å². The van der Waals surface area contributed by atoms with Crippen molar-refractivity contribution in [2.24, 2.45) is 0 Å². The first-order valence-electron chi connectivity index (χ1n) is 8.92. The highest BCUT2D eigenvalue weighted by molar-refractivity contribution is 7.15. The average Bonchev–Trinajstić information content (AvgIpc) is 3.29. The van der Waals surface area contributed by atoms with Crippen molar-refractivity contribution >= 4 is 33.3 Å². The second-order valence-electron chi connectivity index (χ2n) is 6.63. The molecular weight excluding hydrogens is 390 g/mol. The molecule has 29 heavy (non-hydrogen) atoms. The summed E-state index contributed by atoms with van der Waals surface area (Å²) in [7, 11) is 1.57. The third-order valence-electron chi connectivity index (χ3n) is 4.91. The molecular formula is C21H15N3O4S. The van der Waals surface area contributed by atoms with E-state index in [2.05, 4.69) is 10.2 Å². The molecule has 5 rings (SSSR count). The van der Waals surface area contributed by atoms with E-state index in [1.165, 1.54) is 16.2 Å². The summed E-state index contributed by atoms with van der Waals surface area (Å²) >= 11 is 1.29. The number of nitrogens with zero attached hydrogens (tertiary/aromatic N) is 3. The fourth-order valence-corrected chi connectivity index (χ4v) is 4.34. The number of para-hydroxylation sites is 1. The Morgan fingerprint density at radius 3 is 2.69 bits per heavy atom. The molecule has 1 atom stereocenters. The van der Waals surface area contributed by atoms with Crippen molar-refractivity contribution in [3.8, 4) is 5.75 Å². The van der Waals surface area contributed by atoms with Crippen LogP contribution in [0.15, 0.2) is 57.7 Å². The monoisotopic (exact) mass is 405 g/mol. The van der Waals surface area contributed by atoms with Crippen LogP contribution in [0.4, 0.5) is 5.13 Å². The quantitative estimate of drug-likeness (QED) is 0.517. The van der Waals surface area contributed by atoms with Gasteiger partial charge in [-0.25, -0.2) is 0 Å². The molecule has 3 heterocycles. The number of ether oxygens (including phenoxy) is 1. The van der Waals surface area contributed by atoms with E-state index in [1.54, 1.807) is 31.4 Å². The van der Waals surface area contributed by atoms with Crippen molar-refractivity contribution in [1.29, 1.82) is 0 Å². The number of hydrogen-bond acceptors (Lipinski definition) is 7. The summed E-state index contributed by atoms with van der Waals surface area (Å²) in [5.74, 6) is 0.253. The number of anilines is 1. The Morgan fingerprint density at radius 1 is 1.10 bits per heavy atom. The molecule has 4 aromatic rings. The number of carbonyl (C=O) groups excluding carboxylic acids is 1. The van der Waals surface area contributed by atoms with Crippen LogP contribution in [0.1, 0.15) is 32.7 Å². The Bertz CT molecular complexity index is 1330. The summed E-state index contributed by atoms with van der Waals surface area (Å²) in [4.78, 5) is 28.2. The molecule has 0 fully saturated rings. The van der Waals surface area contributed by atoms with Crippen LogP contribution in [0, 0.1) is 6.92 Å². The summed E-state index contributed by atoms with van der Waals surface area (Å²) in [5.41, 5.74) is 1.18. The zero-order valence-corrected chi connectivity index (χ0v) is 16.4. The van der Waals surface area contributed by atoms with Crippen molar-refractivity contribution in [1.82, 2.24) is 10.2 Å². The fraction of sp³-hybridized carbons (Fsp3) is 0.143. The molecule has 144 valence electrons. The number of amides is 1. The van der Waals surface area contributed by atoms with Gasteiger partial charge in [0.1, 0.15) is 16.3 Å². The van der Waals surface area contributed by atoms with Gasteiger partial charge >= 0.3 is 0 Å². The van der Waals surface area contributed by atoms with Crippen molar-refractivity contribution in [3.63, 3.8) is 0 Å². The molecule has 1 aliphatic heterocycles. The molecule has 2 aromatic heterocycles. The van der Waals surface area contributed by atoms with E-state index in [1.807, 2.05) is 31.2 Å². The number of rotatable bonds is 3. The molecule has 0 saturated carbocycles. The second kappa shape index (κ2) is 6.52. The van der Waals surface area contributed by atoms with E-state index in [4.69, 9.17) is 9.15 Å². The Labute approximate surface area is 169 Å². The lowest BCUT2D eigenvalue weighted by Gasteiger charge is -2.22. The molecule has 2 aromatic carbocycles. The number of hydrogen-bond donors (Lipinski definition) is 0. The Balaban J connectivity index is 1.82. The van der Waals surface area contributed by atoms with Crippen LogP contribution in [0.2, 0.25) is 0 Å². The second-order valence-corrected chi connectivity index (χ2v) is 7.79. The highest BCUT2D eigenvalue weighted by atomic mass is 32.1. The summed E-state index contributed by atoms with van der Waals surface area (Å²) in [6.45, 7) is 1.81. The lowest BCUT2D eigenvalue weighted by molar-refractivity contribution is 0.0970. The minimum absolute atomic E-state index is 0.0365. The third kappa shape index (κ3) is 2.64. The molecule has 0 radical (unpaired) electrons. The van der Waals surface area contributed by atoms with E-state index >= 15 is 0 Å². The largest absolute Gasteiger partial charge is 0.497 e. The third-order valence-corrected chi connectivity index (χ3v) is 5.75. The van der Waals surface area contributed by atoms with Gasteiger partial charge in [-0.3, -0.25) is 14.5 Å². The van der Waals surface area contributed by atoms with Crippen LogP contribution in [0.3, 0.4) is 0 Å². The minimum atomic E-state index is -0.680. The van der Waals surface area contributed by atoms with Crippen LogP contribution < -0.4 is 15.1 Å². The van der Waals surface area contributed by atoms with Gasteiger partial charge in [-0.1, -0.05) is 35.6 Å². The first-order chi connectivity index (χ1) is 14.1.